The predicted molar refractivity (Wildman–Crippen MR) is 87.3 cm³/mol. The maximum Gasteiger partial charge on any atom is 0.441 e. The van der Waals surface area contributed by atoms with Gasteiger partial charge in [0.05, 0.1) is 7.11 Å². The Morgan fingerprint density at radius 3 is 2.33 bits per heavy atom. The molecule has 1 aromatic carbocycles. The molecule has 0 bridgehead atoms. The average molecular weight is 385 g/mol. The van der Waals surface area contributed by atoms with E-state index >= 15 is 0 Å². The Morgan fingerprint density at radius 2 is 1.78 bits per heavy atom. The molecule has 0 aliphatic heterocycles. The Bertz CT molecular complexity index is 857. The van der Waals surface area contributed by atoms with Crippen molar-refractivity contribution in [3.8, 4) is 0 Å². The minimum absolute atomic E-state index is 0.322. The number of halogens is 4. The third-order valence-electron chi connectivity index (χ3n) is 3.51. The summed E-state index contributed by atoms with van der Waals surface area (Å²) in [5, 5.41) is 3.48. The molecule has 6 nitrogen and oxygen atoms in total. The van der Waals surface area contributed by atoms with Gasteiger partial charge >= 0.3 is 17.8 Å². The number of hydrogen-bond acceptors (Lipinski definition) is 5. The zero-order valence-corrected chi connectivity index (χ0v) is 14.2. The summed E-state index contributed by atoms with van der Waals surface area (Å²) in [6, 6.07) is 8.13. The van der Waals surface area contributed by atoms with Crippen LogP contribution in [0.1, 0.15) is 16.1 Å². The number of carbonyl (C=O) groups excluding carboxylic acids is 2. The van der Waals surface area contributed by atoms with Crippen LogP contribution in [0.5, 0.6) is 0 Å². The molecule has 0 spiro atoms. The maximum absolute atomic E-state index is 13.9. The number of aromatic nitrogens is 1. The molecular formula is C17H15F4N3O3. The number of aryl methyl sites for hydroxylation is 1. The van der Waals surface area contributed by atoms with E-state index in [-0.39, 0.29) is 5.82 Å². The molecule has 1 heterocycles. The molecular weight excluding hydrogens is 370 g/mol. The number of benzene rings is 1. The molecule has 0 saturated carbocycles. The van der Waals surface area contributed by atoms with Gasteiger partial charge in [-0.05, 0) is 37.3 Å². The third kappa shape index (κ3) is 4.33. The number of pyridine rings is 1. The summed E-state index contributed by atoms with van der Waals surface area (Å²) in [5.41, 5.74) is -3.67. The molecule has 0 saturated heterocycles. The molecule has 1 atom stereocenters. The zero-order chi connectivity index (χ0) is 20.2. The summed E-state index contributed by atoms with van der Waals surface area (Å²) < 4.78 is 59.2. The molecule has 2 aromatic rings. The Morgan fingerprint density at radius 1 is 1.11 bits per heavy atom. The van der Waals surface area contributed by atoms with Crippen molar-refractivity contribution in [3.05, 3.63) is 59.5 Å². The standard InChI is InChI=1S/C17H15F4N3O3/c1-10-5-3-8-13(22-10)23-16(15(26)27-2,17(19,20)21)24-14(25)11-6-4-7-12(18)9-11/h3-9H,1-2H3,(H,22,23)(H,24,25)/t16-/m1/s1. The number of hydrogen-bond donors (Lipinski definition) is 2. The van der Waals surface area contributed by atoms with Crippen molar-refractivity contribution < 1.29 is 31.9 Å². The minimum Gasteiger partial charge on any atom is -0.466 e. The van der Waals surface area contributed by atoms with Crippen LogP contribution in [0, 0.1) is 12.7 Å². The van der Waals surface area contributed by atoms with Crippen molar-refractivity contribution in [1.82, 2.24) is 10.3 Å². The Balaban J connectivity index is 2.50. The van der Waals surface area contributed by atoms with Crippen LogP contribution < -0.4 is 10.6 Å². The van der Waals surface area contributed by atoms with Crippen molar-refractivity contribution in [2.45, 2.75) is 18.8 Å². The smallest absolute Gasteiger partial charge is 0.441 e. The second-order valence-corrected chi connectivity index (χ2v) is 5.49. The number of alkyl halides is 3. The van der Waals surface area contributed by atoms with Crippen LogP contribution in [0.2, 0.25) is 0 Å². The quantitative estimate of drug-likeness (QED) is 0.470. The Labute approximate surface area is 151 Å². The predicted octanol–water partition coefficient (Wildman–Crippen LogP) is 2.80. The van der Waals surface area contributed by atoms with Crippen molar-refractivity contribution in [2.75, 3.05) is 12.4 Å². The van der Waals surface area contributed by atoms with Gasteiger partial charge in [-0.25, -0.2) is 14.2 Å². The first-order valence-corrected chi connectivity index (χ1v) is 7.54. The van der Waals surface area contributed by atoms with E-state index in [1.165, 1.54) is 25.1 Å². The number of carbonyl (C=O) groups is 2. The highest BCUT2D eigenvalue weighted by molar-refractivity contribution is 5.99. The molecule has 1 amide bonds. The van der Waals surface area contributed by atoms with Crippen LogP contribution in [0.25, 0.3) is 0 Å². The molecule has 0 radical (unpaired) electrons. The van der Waals surface area contributed by atoms with Gasteiger partial charge in [0.2, 0.25) is 0 Å². The van der Waals surface area contributed by atoms with Gasteiger partial charge in [0.15, 0.2) is 0 Å². The van der Waals surface area contributed by atoms with Gasteiger partial charge in [-0.3, -0.25) is 4.79 Å². The van der Waals surface area contributed by atoms with E-state index in [2.05, 4.69) is 9.72 Å². The van der Waals surface area contributed by atoms with Crippen LogP contribution in [-0.4, -0.2) is 35.8 Å². The van der Waals surface area contributed by atoms with Gasteiger partial charge in [-0.15, -0.1) is 0 Å². The topological polar surface area (TPSA) is 80.3 Å². The number of nitrogens with zero attached hydrogens (tertiary/aromatic N) is 1. The number of esters is 1. The van der Waals surface area contributed by atoms with Gasteiger partial charge in [0.25, 0.3) is 5.91 Å². The van der Waals surface area contributed by atoms with Gasteiger partial charge in [-0.2, -0.15) is 13.2 Å². The number of nitrogens with one attached hydrogen (secondary N) is 2. The van der Waals surface area contributed by atoms with Gasteiger partial charge in [-0.1, -0.05) is 12.1 Å². The fraction of sp³-hybridized carbons (Fsp3) is 0.235. The highest BCUT2D eigenvalue weighted by Crippen LogP contribution is 2.33. The summed E-state index contributed by atoms with van der Waals surface area (Å²) in [4.78, 5) is 28.2. The second kappa shape index (κ2) is 7.60. The zero-order valence-electron chi connectivity index (χ0n) is 14.2. The lowest BCUT2D eigenvalue weighted by molar-refractivity contribution is -0.203. The summed E-state index contributed by atoms with van der Waals surface area (Å²) >= 11 is 0. The van der Waals surface area contributed by atoms with Gasteiger partial charge < -0.3 is 15.4 Å². The summed E-state index contributed by atoms with van der Waals surface area (Å²) in [6.45, 7) is 1.53. The largest absolute Gasteiger partial charge is 0.466 e. The lowest BCUT2D eigenvalue weighted by Crippen LogP contribution is -2.69. The minimum atomic E-state index is -5.31. The number of amides is 1. The number of anilines is 1. The average Bonchev–Trinajstić information content (AvgIpc) is 2.59. The Hall–Kier alpha value is -3.17. The fourth-order valence-corrected chi connectivity index (χ4v) is 2.22. The lowest BCUT2D eigenvalue weighted by Gasteiger charge is -2.34. The number of methoxy groups -OCH3 is 1. The molecule has 0 fully saturated rings. The van der Waals surface area contributed by atoms with E-state index in [0.717, 1.165) is 31.4 Å². The van der Waals surface area contributed by atoms with Crippen LogP contribution in [0.15, 0.2) is 42.5 Å². The third-order valence-corrected chi connectivity index (χ3v) is 3.51. The summed E-state index contributed by atoms with van der Waals surface area (Å²) in [6.07, 6.45) is -5.31. The highest BCUT2D eigenvalue weighted by Gasteiger charge is 2.63. The molecule has 0 aliphatic carbocycles. The van der Waals surface area contributed by atoms with E-state index in [4.69, 9.17) is 0 Å². The van der Waals surface area contributed by atoms with Crippen LogP contribution in [-0.2, 0) is 9.53 Å². The van der Waals surface area contributed by atoms with E-state index in [1.54, 1.807) is 5.32 Å². The molecule has 0 unspecified atom stereocenters. The van der Waals surface area contributed by atoms with Crippen molar-refractivity contribution >= 4 is 17.7 Å². The fourth-order valence-electron chi connectivity index (χ4n) is 2.22. The lowest BCUT2D eigenvalue weighted by atomic mass is 10.1. The first-order chi connectivity index (χ1) is 12.6. The SMILES string of the molecule is COC(=O)[C@](NC(=O)c1cccc(F)c1)(Nc1cccc(C)n1)C(F)(F)F. The van der Waals surface area contributed by atoms with Gasteiger partial charge in [0.1, 0.15) is 11.6 Å². The maximum atomic E-state index is 13.9. The van der Waals surface area contributed by atoms with E-state index < -0.39 is 35.1 Å². The monoisotopic (exact) mass is 385 g/mol. The Kier molecular flexibility index (Phi) is 5.67. The molecule has 2 rings (SSSR count). The second-order valence-electron chi connectivity index (χ2n) is 5.49. The van der Waals surface area contributed by atoms with E-state index in [0.29, 0.717) is 5.69 Å². The summed E-state index contributed by atoms with van der Waals surface area (Å²) in [7, 11) is 0.739. The molecule has 27 heavy (non-hydrogen) atoms. The number of rotatable bonds is 5. The van der Waals surface area contributed by atoms with Crippen LogP contribution >= 0.6 is 0 Å². The van der Waals surface area contributed by atoms with Gasteiger partial charge in [0, 0.05) is 11.3 Å². The molecule has 10 heteroatoms. The van der Waals surface area contributed by atoms with Crippen molar-refractivity contribution in [1.29, 1.82) is 0 Å². The molecule has 1 aromatic heterocycles. The van der Waals surface area contributed by atoms with E-state index in [1.807, 2.05) is 5.32 Å². The van der Waals surface area contributed by atoms with Crippen molar-refractivity contribution in [2.24, 2.45) is 0 Å². The normalized spacial score (nSPS) is 13.4. The molecule has 144 valence electrons. The van der Waals surface area contributed by atoms with Crippen molar-refractivity contribution in [3.63, 3.8) is 0 Å². The van der Waals surface area contributed by atoms with Crippen LogP contribution in [0.4, 0.5) is 23.4 Å². The first-order valence-electron chi connectivity index (χ1n) is 7.54. The first kappa shape index (κ1) is 20.1. The molecule has 0 aliphatic rings. The highest BCUT2D eigenvalue weighted by atomic mass is 19.4. The molecule has 2 N–H and O–H groups in total. The van der Waals surface area contributed by atoms with E-state index in [9.17, 15) is 27.2 Å². The number of ether oxygens (including phenoxy) is 1. The van der Waals surface area contributed by atoms with Crippen LogP contribution in [0.3, 0.4) is 0 Å². The summed E-state index contributed by atoms with van der Waals surface area (Å²) in [5.74, 6) is -4.30.